The van der Waals surface area contributed by atoms with E-state index in [1.165, 1.54) is 12.1 Å². The predicted molar refractivity (Wildman–Crippen MR) is 133 cm³/mol. The van der Waals surface area contributed by atoms with Gasteiger partial charge in [-0.25, -0.2) is 4.39 Å². The Morgan fingerprint density at radius 2 is 1.77 bits per heavy atom. The van der Waals surface area contributed by atoms with Crippen molar-refractivity contribution in [2.75, 3.05) is 13.1 Å². The van der Waals surface area contributed by atoms with Crippen molar-refractivity contribution in [3.63, 3.8) is 0 Å². The second-order valence-electron chi connectivity index (χ2n) is 11.7. The Bertz CT molecular complexity index is 949. The number of piperidine rings is 1. The highest BCUT2D eigenvalue weighted by molar-refractivity contribution is 5.98. The van der Waals surface area contributed by atoms with Gasteiger partial charge in [0.15, 0.2) is 5.78 Å². The Balaban J connectivity index is 1.86. The summed E-state index contributed by atoms with van der Waals surface area (Å²) >= 11 is 0. The molecule has 3 rings (SSSR count). The lowest BCUT2D eigenvalue weighted by Gasteiger charge is -2.42. The molecule has 35 heavy (non-hydrogen) atoms. The predicted octanol–water partition coefficient (Wildman–Crippen LogP) is 4.59. The minimum Gasteiger partial charge on any atom is -0.383 e. The van der Waals surface area contributed by atoms with Crippen molar-refractivity contribution in [3.05, 3.63) is 35.1 Å². The number of Topliss-reactive ketones (excluding diaryl/α,β-unsaturated/α-hetero) is 1. The Morgan fingerprint density at radius 3 is 2.37 bits per heavy atom. The van der Waals surface area contributed by atoms with Crippen LogP contribution in [0.5, 0.6) is 0 Å². The Hall–Kier alpha value is -2.28. The van der Waals surface area contributed by atoms with Crippen molar-refractivity contribution in [2.24, 2.45) is 17.3 Å². The van der Waals surface area contributed by atoms with Crippen LogP contribution in [0.4, 0.5) is 4.39 Å². The summed E-state index contributed by atoms with van der Waals surface area (Å²) in [5.74, 6) is -1.77. The Morgan fingerprint density at radius 1 is 1.11 bits per heavy atom. The van der Waals surface area contributed by atoms with Crippen molar-refractivity contribution < 1.29 is 23.9 Å². The number of nitrogens with one attached hydrogen (secondary N) is 1. The molecule has 0 bridgehead atoms. The van der Waals surface area contributed by atoms with Crippen LogP contribution in [0.1, 0.15) is 95.5 Å². The van der Waals surface area contributed by atoms with E-state index in [-0.39, 0.29) is 41.2 Å². The van der Waals surface area contributed by atoms with Gasteiger partial charge in [0.1, 0.15) is 11.4 Å². The zero-order valence-corrected chi connectivity index (χ0v) is 21.8. The summed E-state index contributed by atoms with van der Waals surface area (Å²) in [6, 6.07) is 3.77. The molecule has 6 nitrogen and oxygen atoms in total. The molecule has 194 valence electrons. The second-order valence-corrected chi connectivity index (χ2v) is 11.7. The number of nitrogens with zero attached hydrogens (tertiary/aromatic N) is 1. The first-order chi connectivity index (χ1) is 16.3. The van der Waals surface area contributed by atoms with Crippen LogP contribution < -0.4 is 5.32 Å². The van der Waals surface area contributed by atoms with E-state index in [0.717, 1.165) is 32.1 Å². The van der Waals surface area contributed by atoms with Crippen molar-refractivity contribution in [1.82, 2.24) is 10.2 Å². The molecule has 1 aliphatic carbocycles. The number of hydrogen-bond donors (Lipinski definition) is 2. The maximum atomic E-state index is 15.8. The molecule has 1 saturated carbocycles. The molecule has 2 atom stereocenters. The summed E-state index contributed by atoms with van der Waals surface area (Å²) < 4.78 is 15.8. The summed E-state index contributed by atoms with van der Waals surface area (Å²) in [5.41, 5.74) is -2.38. The maximum Gasteiger partial charge on any atom is 0.254 e. The van der Waals surface area contributed by atoms with E-state index in [2.05, 4.69) is 5.32 Å². The molecular weight excluding hydrogens is 447 g/mol. The van der Waals surface area contributed by atoms with Gasteiger partial charge in [0.25, 0.3) is 5.91 Å². The molecule has 2 fully saturated rings. The summed E-state index contributed by atoms with van der Waals surface area (Å²) in [4.78, 5) is 40.6. The van der Waals surface area contributed by atoms with Gasteiger partial charge in [-0.15, -0.1) is 0 Å². The highest BCUT2D eigenvalue weighted by atomic mass is 19.1. The van der Waals surface area contributed by atoms with Gasteiger partial charge >= 0.3 is 0 Å². The molecule has 0 aromatic heterocycles. The number of benzene rings is 1. The molecule has 2 aliphatic rings. The number of aliphatic hydroxyl groups is 1. The third-order valence-corrected chi connectivity index (χ3v) is 7.43. The number of carbonyl (C=O) groups excluding carboxylic acids is 3. The van der Waals surface area contributed by atoms with E-state index in [1.807, 2.05) is 34.6 Å². The van der Waals surface area contributed by atoms with E-state index >= 15 is 4.39 Å². The smallest absolute Gasteiger partial charge is 0.254 e. The lowest BCUT2D eigenvalue weighted by Crippen LogP contribution is -2.52. The number of β-amino-alcohol motifs (C(OH)–C–C–N with tert-alkyl or cyclic N) is 1. The Labute approximate surface area is 208 Å². The molecule has 7 heteroatoms. The van der Waals surface area contributed by atoms with Gasteiger partial charge in [-0.1, -0.05) is 66.0 Å². The third-order valence-electron chi connectivity index (χ3n) is 7.43. The summed E-state index contributed by atoms with van der Waals surface area (Å²) in [6.45, 7) is 9.55. The fraction of sp³-hybridized carbons (Fsp3) is 0.679. The number of rotatable bonds is 6. The number of halogens is 1. The first kappa shape index (κ1) is 27.3. The van der Waals surface area contributed by atoms with Gasteiger partial charge in [0.2, 0.25) is 5.91 Å². The number of ketones is 1. The van der Waals surface area contributed by atoms with Gasteiger partial charge in [-0.2, -0.15) is 0 Å². The van der Waals surface area contributed by atoms with Crippen LogP contribution in [0.2, 0.25) is 0 Å². The van der Waals surface area contributed by atoms with Gasteiger partial charge in [0.05, 0.1) is 18.2 Å². The van der Waals surface area contributed by atoms with E-state index < -0.39 is 28.8 Å². The van der Waals surface area contributed by atoms with Crippen LogP contribution >= 0.6 is 0 Å². The summed E-state index contributed by atoms with van der Waals surface area (Å²) in [7, 11) is 0. The highest BCUT2D eigenvalue weighted by Gasteiger charge is 2.42. The summed E-state index contributed by atoms with van der Waals surface area (Å²) in [5, 5.41) is 14.3. The number of carbonyl (C=O) groups is 3. The fourth-order valence-corrected chi connectivity index (χ4v) is 5.44. The van der Waals surface area contributed by atoms with E-state index in [9.17, 15) is 19.5 Å². The standard InChI is InChI=1S/C28H41FN2O4/c1-18(2)24(32)23(19-11-7-6-8-12-19)30-25(33)20-13-9-14-21(22(20)29)28(35)15-10-16-31(17-28)26(34)27(3,4)5/h9,13-14,18-19,23,35H,6-8,10-12,15-17H2,1-5H3,(H,30,33)/t23-,28+/m1/s1. The third kappa shape index (κ3) is 6.11. The average Bonchev–Trinajstić information content (AvgIpc) is 2.81. The van der Waals surface area contributed by atoms with Gasteiger partial charge in [0, 0.05) is 23.4 Å². The summed E-state index contributed by atoms with van der Waals surface area (Å²) in [6.07, 6.45) is 5.70. The molecule has 0 unspecified atom stereocenters. The van der Waals surface area contributed by atoms with E-state index in [4.69, 9.17) is 0 Å². The molecule has 1 aliphatic heterocycles. The molecule has 1 heterocycles. The average molecular weight is 489 g/mol. The van der Waals surface area contributed by atoms with Gasteiger partial charge < -0.3 is 15.3 Å². The fourth-order valence-electron chi connectivity index (χ4n) is 5.44. The normalized spacial score (nSPS) is 22.7. The molecule has 1 aromatic carbocycles. The largest absolute Gasteiger partial charge is 0.383 e. The van der Waals surface area contributed by atoms with Crippen LogP contribution in [0.15, 0.2) is 18.2 Å². The maximum absolute atomic E-state index is 15.8. The van der Waals surface area contributed by atoms with Crippen LogP contribution in [0.25, 0.3) is 0 Å². The first-order valence-corrected chi connectivity index (χ1v) is 13.0. The quantitative estimate of drug-likeness (QED) is 0.613. The molecule has 2 amide bonds. The second kappa shape index (κ2) is 10.8. The minimum absolute atomic E-state index is 0.0148. The molecule has 0 radical (unpaired) electrons. The zero-order valence-electron chi connectivity index (χ0n) is 21.8. The van der Waals surface area contributed by atoms with Crippen molar-refractivity contribution in [2.45, 2.75) is 91.2 Å². The van der Waals surface area contributed by atoms with Crippen LogP contribution in [-0.2, 0) is 15.2 Å². The van der Waals surface area contributed by atoms with Crippen molar-refractivity contribution in [1.29, 1.82) is 0 Å². The molecular formula is C28H41FN2O4. The SMILES string of the molecule is CC(C)C(=O)[C@H](NC(=O)c1cccc([C@]2(O)CCCN(C(=O)C(C)(C)C)C2)c1F)C1CCCCC1. The highest BCUT2D eigenvalue weighted by Crippen LogP contribution is 2.36. The van der Waals surface area contributed by atoms with Crippen LogP contribution in [0, 0.1) is 23.1 Å². The lowest BCUT2D eigenvalue weighted by atomic mass is 9.80. The Kier molecular flexibility index (Phi) is 8.40. The number of likely N-dealkylation sites (tertiary alicyclic amines) is 1. The topological polar surface area (TPSA) is 86.7 Å². The molecule has 2 N–H and O–H groups in total. The number of amides is 2. The van der Waals surface area contributed by atoms with Crippen molar-refractivity contribution in [3.8, 4) is 0 Å². The number of hydrogen-bond acceptors (Lipinski definition) is 4. The lowest BCUT2D eigenvalue weighted by molar-refractivity contribution is -0.147. The van der Waals surface area contributed by atoms with Gasteiger partial charge in [-0.3, -0.25) is 14.4 Å². The van der Waals surface area contributed by atoms with Crippen LogP contribution in [0.3, 0.4) is 0 Å². The molecule has 1 aromatic rings. The van der Waals surface area contributed by atoms with E-state index in [1.54, 1.807) is 11.0 Å². The van der Waals surface area contributed by atoms with Crippen LogP contribution in [-0.4, -0.2) is 46.7 Å². The first-order valence-electron chi connectivity index (χ1n) is 13.0. The van der Waals surface area contributed by atoms with E-state index in [0.29, 0.717) is 19.4 Å². The van der Waals surface area contributed by atoms with Crippen molar-refractivity contribution >= 4 is 17.6 Å². The zero-order chi connectivity index (χ0) is 26.0. The van der Waals surface area contributed by atoms with Gasteiger partial charge in [-0.05, 0) is 37.7 Å². The monoisotopic (exact) mass is 488 g/mol. The molecule has 1 saturated heterocycles. The minimum atomic E-state index is -1.59. The molecule has 0 spiro atoms.